The molecule has 8 heteroatoms. The predicted octanol–water partition coefficient (Wildman–Crippen LogP) is 1.76. The Hall–Kier alpha value is -3.68. The minimum Gasteiger partial charge on any atom is -0.504 e. The van der Waals surface area contributed by atoms with Crippen molar-refractivity contribution in [2.45, 2.75) is 12.5 Å². The van der Waals surface area contributed by atoms with Gasteiger partial charge < -0.3 is 30.3 Å². The van der Waals surface area contributed by atoms with Gasteiger partial charge in [-0.05, 0) is 41.5 Å². The molecule has 5 N–H and O–H groups in total. The van der Waals surface area contributed by atoms with Crippen molar-refractivity contribution in [1.29, 1.82) is 0 Å². The number of carboxylic acids is 1. The molecule has 136 valence electrons. The number of hydrogen-bond donors (Lipinski definition) is 5. The van der Waals surface area contributed by atoms with E-state index in [0.29, 0.717) is 11.1 Å². The minimum atomic E-state index is -1.50. The van der Waals surface area contributed by atoms with Gasteiger partial charge in [-0.2, -0.15) is 0 Å². The molecule has 0 heterocycles. The number of phenols is 4. The molecule has 0 amide bonds. The van der Waals surface area contributed by atoms with E-state index >= 15 is 0 Å². The first-order chi connectivity index (χ1) is 12.3. The van der Waals surface area contributed by atoms with Crippen LogP contribution in [0.25, 0.3) is 6.08 Å². The Balaban J connectivity index is 2.05. The zero-order chi connectivity index (χ0) is 19.3. The van der Waals surface area contributed by atoms with E-state index in [1.807, 2.05) is 0 Å². The van der Waals surface area contributed by atoms with Gasteiger partial charge in [0.1, 0.15) is 0 Å². The van der Waals surface area contributed by atoms with Gasteiger partial charge >= 0.3 is 11.9 Å². The van der Waals surface area contributed by atoms with Crippen LogP contribution < -0.4 is 0 Å². The quantitative estimate of drug-likeness (QED) is 0.298. The molecular weight excluding hydrogens is 344 g/mol. The summed E-state index contributed by atoms with van der Waals surface area (Å²) in [5.41, 5.74) is 0.750. The molecule has 0 aliphatic carbocycles. The molecule has 2 rings (SSSR count). The van der Waals surface area contributed by atoms with Crippen LogP contribution >= 0.6 is 0 Å². The fourth-order valence-corrected chi connectivity index (χ4v) is 2.08. The summed E-state index contributed by atoms with van der Waals surface area (Å²) in [5, 5.41) is 46.5. The Labute approximate surface area is 147 Å². The number of carboxylic acid groups (broad SMARTS) is 1. The number of rotatable bonds is 6. The third-order valence-corrected chi connectivity index (χ3v) is 3.41. The van der Waals surface area contributed by atoms with Gasteiger partial charge in [0.25, 0.3) is 0 Å². The highest BCUT2D eigenvalue weighted by atomic mass is 16.6. The number of esters is 1. The number of carbonyl (C=O) groups excluding carboxylic acids is 1. The number of aliphatic carboxylic acids is 1. The van der Waals surface area contributed by atoms with Gasteiger partial charge in [-0.25, -0.2) is 9.59 Å². The number of ether oxygens (including phenoxy) is 1. The monoisotopic (exact) mass is 360 g/mol. The Bertz CT molecular complexity index is 856. The van der Waals surface area contributed by atoms with Crippen molar-refractivity contribution in [2.75, 3.05) is 0 Å². The van der Waals surface area contributed by atoms with Gasteiger partial charge in [-0.15, -0.1) is 0 Å². The average Bonchev–Trinajstić information content (AvgIpc) is 2.58. The van der Waals surface area contributed by atoms with E-state index < -0.39 is 23.8 Å². The molecule has 0 aromatic heterocycles. The highest BCUT2D eigenvalue weighted by Crippen LogP contribution is 2.26. The standard InChI is InChI=1S/C18H16O8/c19-12-4-1-10(7-14(12)21)3-6-17(23)26-16(18(24)25)9-11-2-5-13(20)15(22)8-11/h1-8,16,19-22H,9H2,(H,24,25)/t16-/m0/s1. The van der Waals surface area contributed by atoms with Crippen LogP contribution in [0.2, 0.25) is 0 Å². The average molecular weight is 360 g/mol. The molecule has 0 fully saturated rings. The fourth-order valence-electron chi connectivity index (χ4n) is 2.08. The first-order valence-corrected chi connectivity index (χ1v) is 7.40. The lowest BCUT2D eigenvalue weighted by atomic mass is 10.1. The molecule has 0 unspecified atom stereocenters. The predicted molar refractivity (Wildman–Crippen MR) is 89.8 cm³/mol. The lowest BCUT2D eigenvalue weighted by molar-refractivity contribution is -0.160. The van der Waals surface area contributed by atoms with Crippen molar-refractivity contribution in [2.24, 2.45) is 0 Å². The number of aromatic hydroxyl groups is 4. The molecular formula is C18H16O8. The van der Waals surface area contributed by atoms with Crippen molar-refractivity contribution in [1.82, 2.24) is 0 Å². The molecule has 2 aromatic carbocycles. The van der Waals surface area contributed by atoms with Crippen LogP contribution in [0.1, 0.15) is 11.1 Å². The molecule has 1 atom stereocenters. The zero-order valence-electron chi connectivity index (χ0n) is 13.4. The van der Waals surface area contributed by atoms with Crippen LogP contribution in [0.15, 0.2) is 42.5 Å². The first-order valence-electron chi connectivity index (χ1n) is 7.40. The van der Waals surface area contributed by atoms with E-state index in [9.17, 15) is 35.1 Å². The molecule has 0 aliphatic heterocycles. The smallest absolute Gasteiger partial charge is 0.345 e. The van der Waals surface area contributed by atoms with Crippen molar-refractivity contribution < 1.29 is 39.9 Å². The van der Waals surface area contributed by atoms with E-state index in [4.69, 9.17) is 4.74 Å². The number of benzene rings is 2. The van der Waals surface area contributed by atoms with Crippen LogP contribution in [0.4, 0.5) is 0 Å². The third-order valence-electron chi connectivity index (χ3n) is 3.41. The molecule has 26 heavy (non-hydrogen) atoms. The summed E-state index contributed by atoms with van der Waals surface area (Å²) >= 11 is 0. The normalized spacial score (nSPS) is 12.0. The summed E-state index contributed by atoms with van der Waals surface area (Å²) in [5.74, 6) is -3.74. The number of phenolic OH excluding ortho intramolecular Hbond substituents is 4. The highest BCUT2D eigenvalue weighted by molar-refractivity contribution is 5.89. The highest BCUT2D eigenvalue weighted by Gasteiger charge is 2.22. The van der Waals surface area contributed by atoms with Gasteiger partial charge in [0, 0.05) is 12.5 Å². The second-order valence-electron chi connectivity index (χ2n) is 5.37. The minimum absolute atomic E-state index is 0.206. The largest absolute Gasteiger partial charge is 0.504 e. The summed E-state index contributed by atoms with van der Waals surface area (Å²) in [6.07, 6.45) is 0.565. The Morgan fingerprint density at radius 3 is 2.12 bits per heavy atom. The Morgan fingerprint density at radius 1 is 0.923 bits per heavy atom. The van der Waals surface area contributed by atoms with Gasteiger partial charge in [-0.3, -0.25) is 0 Å². The van der Waals surface area contributed by atoms with E-state index in [1.54, 1.807) is 0 Å². The van der Waals surface area contributed by atoms with Gasteiger partial charge in [0.2, 0.25) is 6.10 Å². The zero-order valence-corrected chi connectivity index (χ0v) is 13.4. The van der Waals surface area contributed by atoms with Gasteiger partial charge in [0.05, 0.1) is 0 Å². The number of hydrogen-bond acceptors (Lipinski definition) is 7. The van der Waals surface area contributed by atoms with E-state index in [0.717, 1.165) is 6.08 Å². The van der Waals surface area contributed by atoms with E-state index in [-0.39, 0.29) is 23.7 Å². The second-order valence-corrected chi connectivity index (χ2v) is 5.37. The summed E-state index contributed by atoms with van der Waals surface area (Å²) in [6.45, 7) is 0. The van der Waals surface area contributed by atoms with Crippen LogP contribution in [-0.4, -0.2) is 43.6 Å². The van der Waals surface area contributed by atoms with E-state index in [2.05, 4.69) is 0 Å². The van der Waals surface area contributed by atoms with Gasteiger partial charge in [0.15, 0.2) is 23.0 Å². The molecule has 0 radical (unpaired) electrons. The molecule has 0 saturated heterocycles. The lowest BCUT2D eigenvalue weighted by Gasteiger charge is -2.13. The maximum absolute atomic E-state index is 11.8. The molecule has 0 aliphatic rings. The van der Waals surface area contributed by atoms with Crippen molar-refractivity contribution in [3.8, 4) is 23.0 Å². The van der Waals surface area contributed by atoms with Crippen molar-refractivity contribution >= 4 is 18.0 Å². The topological polar surface area (TPSA) is 145 Å². The van der Waals surface area contributed by atoms with Crippen LogP contribution in [0.5, 0.6) is 23.0 Å². The Kier molecular flexibility index (Phi) is 5.69. The third kappa shape index (κ3) is 4.91. The maximum Gasteiger partial charge on any atom is 0.345 e. The molecule has 2 aromatic rings. The maximum atomic E-state index is 11.8. The summed E-state index contributed by atoms with van der Waals surface area (Å²) < 4.78 is 4.88. The summed E-state index contributed by atoms with van der Waals surface area (Å²) in [6, 6.07) is 7.65. The van der Waals surface area contributed by atoms with E-state index in [1.165, 1.54) is 42.5 Å². The SMILES string of the molecule is O=C(C=Cc1ccc(O)c(O)c1)O[C@@H](Cc1ccc(O)c(O)c1)C(=O)O. The fraction of sp³-hybridized carbons (Fsp3) is 0.111. The molecule has 0 bridgehead atoms. The first kappa shape index (κ1) is 18.7. The lowest BCUT2D eigenvalue weighted by Crippen LogP contribution is -2.28. The van der Waals surface area contributed by atoms with Crippen molar-refractivity contribution in [3.05, 3.63) is 53.6 Å². The molecule has 0 spiro atoms. The Morgan fingerprint density at radius 2 is 1.54 bits per heavy atom. The summed E-state index contributed by atoms with van der Waals surface area (Å²) in [7, 11) is 0. The van der Waals surface area contributed by atoms with Gasteiger partial charge in [-0.1, -0.05) is 12.1 Å². The van der Waals surface area contributed by atoms with Crippen LogP contribution in [0, 0.1) is 0 Å². The number of carbonyl (C=O) groups is 2. The second kappa shape index (κ2) is 7.93. The molecule has 0 saturated carbocycles. The van der Waals surface area contributed by atoms with Crippen LogP contribution in [-0.2, 0) is 20.7 Å². The summed E-state index contributed by atoms with van der Waals surface area (Å²) in [4.78, 5) is 23.1. The van der Waals surface area contributed by atoms with Crippen LogP contribution in [0.3, 0.4) is 0 Å². The molecule has 8 nitrogen and oxygen atoms in total. The van der Waals surface area contributed by atoms with Crippen molar-refractivity contribution in [3.63, 3.8) is 0 Å².